The van der Waals surface area contributed by atoms with Gasteiger partial charge in [-0.3, -0.25) is 43.5 Å². The van der Waals surface area contributed by atoms with Gasteiger partial charge in [0.05, 0.1) is 23.2 Å². The molecular formula is C62H79F3N10O8. The van der Waals surface area contributed by atoms with Gasteiger partial charge in [0, 0.05) is 95.8 Å². The first-order valence-electron chi connectivity index (χ1n) is 30.0. The van der Waals surface area contributed by atoms with Crippen molar-refractivity contribution in [1.82, 2.24) is 49.8 Å². The molecule has 4 aliphatic heterocycles. The predicted molar refractivity (Wildman–Crippen MR) is 305 cm³/mol. The third-order valence-corrected chi connectivity index (χ3v) is 17.8. The Kier molecular flexibility index (Phi) is 18.5. The molecule has 6 amide bonds. The van der Waals surface area contributed by atoms with Gasteiger partial charge in [-0.15, -0.1) is 0 Å². The largest absolute Gasteiger partial charge is 0.444 e. The third kappa shape index (κ3) is 14.4. The second-order valence-electron chi connectivity index (χ2n) is 24.7. The highest BCUT2D eigenvalue weighted by molar-refractivity contribution is 5.98. The quantitative estimate of drug-likeness (QED) is 0.131. The number of nitrogens with zero attached hydrogens (tertiary/aromatic N) is 8. The highest BCUT2D eigenvalue weighted by atomic mass is 19.1. The molecule has 83 heavy (non-hydrogen) atoms. The van der Waals surface area contributed by atoms with E-state index in [-0.39, 0.29) is 85.5 Å². The van der Waals surface area contributed by atoms with Crippen LogP contribution in [0.4, 0.5) is 18.0 Å². The first-order chi connectivity index (χ1) is 39.9. The van der Waals surface area contributed by atoms with Gasteiger partial charge < -0.3 is 29.7 Å². The lowest BCUT2D eigenvalue weighted by atomic mass is 9.83. The molecule has 6 fully saturated rings. The summed E-state index contributed by atoms with van der Waals surface area (Å²) in [6, 6.07) is 13.0. The van der Waals surface area contributed by atoms with Crippen molar-refractivity contribution in [2.45, 2.75) is 121 Å². The first-order valence-corrected chi connectivity index (χ1v) is 30.0. The van der Waals surface area contributed by atoms with Crippen molar-refractivity contribution in [2.24, 2.45) is 11.8 Å². The fourth-order valence-electron chi connectivity index (χ4n) is 12.9. The van der Waals surface area contributed by atoms with E-state index in [2.05, 4.69) is 25.3 Å². The normalized spacial score (nSPS) is 20.3. The minimum Gasteiger partial charge on any atom is -0.444 e. The zero-order valence-corrected chi connectivity index (χ0v) is 48.2. The summed E-state index contributed by atoms with van der Waals surface area (Å²) in [5.74, 6) is -4.90. The second kappa shape index (κ2) is 26.0. The molecule has 6 aliphatic rings. The van der Waals surface area contributed by atoms with E-state index < -0.39 is 58.5 Å². The van der Waals surface area contributed by atoms with E-state index in [1.165, 1.54) is 23.1 Å². The number of hydrogen-bond donors (Lipinski definition) is 2. The van der Waals surface area contributed by atoms with Crippen LogP contribution in [-0.2, 0) is 25.5 Å². The van der Waals surface area contributed by atoms with E-state index >= 15 is 13.2 Å². The highest BCUT2D eigenvalue weighted by Gasteiger charge is 2.40. The maximum Gasteiger partial charge on any atom is 0.411 e. The van der Waals surface area contributed by atoms with Gasteiger partial charge in [0.2, 0.25) is 17.7 Å². The summed E-state index contributed by atoms with van der Waals surface area (Å²) in [6.07, 6.45) is 8.37. The summed E-state index contributed by atoms with van der Waals surface area (Å²) < 4.78 is 53.1. The van der Waals surface area contributed by atoms with E-state index in [0.29, 0.717) is 99.4 Å². The molecule has 2 aliphatic carbocycles. The van der Waals surface area contributed by atoms with Crippen LogP contribution in [0.3, 0.4) is 0 Å². The molecule has 2 saturated carbocycles. The fourth-order valence-corrected chi connectivity index (χ4v) is 12.9. The number of aromatic amines is 1. The maximum atomic E-state index is 16.7. The van der Waals surface area contributed by atoms with E-state index in [9.17, 15) is 33.6 Å². The number of aromatic nitrogens is 2. The molecule has 3 aromatic carbocycles. The predicted octanol–water partition coefficient (Wildman–Crippen LogP) is 6.56. The zero-order valence-electron chi connectivity index (χ0n) is 48.2. The Labute approximate surface area is 483 Å². The van der Waals surface area contributed by atoms with Gasteiger partial charge in [-0.25, -0.2) is 23.1 Å². The van der Waals surface area contributed by atoms with Crippen LogP contribution >= 0.6 is 0 Å². The Hall–Kier alpha value is -6.87. The van der Waals surface area contributed by atoms with Gasteiger partial charge in [0.15, 0.2) is 0 Å². The topological polar surface area (TPSA) is 192 Å². The lowest BCUT2D eigenvalue weighted by Gasteiger charge is -2.41. The maximum absolute atomic E-state index is 16.7. The minimum absolute atomic E-state index is 0.00685. The lowest BCUT2D eigenvalue weighted by Crippen LogP contribution is -2.57. The number of halogens is 3. The van der Waals surface area contributed by atoms with Gasteiger partial charge in [-0.2, -0.15) is 5.10 Å². The van der Waals surface area contributed by atoms with Gasteiger partial charge >= 0.3 is 6.09 Å². The van der Waals surface area contributed by atoms with Crippen LogP contribution in [0.1, 0.15) is 135 Å². The standard InChI is InChI=1S/C62H79F3N10O8/c1-62(2,3)83-61(82)75(44-16-17-44)39-53(77)74-23-9-12-43(37-74)45-18-20-50(64)54(55(45)65)58(79)66-56(42-10-5-4-6-11-42)60(81)73-28-26-70(27-29-73)36-40-21-24-69(25-22-40)38-52(76)71-30-32-72(33-31-71)59(80)48-34-41(15-19-49(48)63)35-51-46-13-7-8-14-47(46)57(78)68-67-51/h7-8,13-15,18-20,34,40,42-44,56H,4-6,9-12,16-17,21-33,35-39H2,1-3H3,(H,66,79)(H,68,78)/t43?,56-/m1/s1. The van der Waals surface area contributed by atoms with Crippen molar-refractivity contribution < 1.29 is 46.7 Å². The number of carbonyl (C=O) groups is 6. The SMILES string of the molecule is CC(C)(C)OC(=O)N(CC(=O)N1CCCC(c2ccc(F)c(C(=O)N[C@@H](C(=O)N3CCN(CC4CCN(CC(=O)N5CCN(C(=O)c6cc(Cc7n[nH]c(=O)c8ccccc78)ccc6F)CC5)CC4)CC3)C3CCCCC3)c2F)C1)C1CC1. The van der Waals surface area contributed by atoms with Gasteiger partial charge in [0.1, 0.15) is 41.2 Å². The molecule has 2 N–H and O–H groups in total. The molecule has 0 bridgehead atoms. The van der Waals surface area contributed by atoms with Gasteiger partial charge in [-0.05, 0) is 132 Å². The molecular weight excluding hydrogens is 1070 g/mol. The van der Waals surface area contributed by atoms with Crippen LogP contribution in [0.15, 0.2) is 59.4 Å². The van der Waals surface area contributed by atoms with Crippen LogP contribution in [0.2, 0.25) is 0 Å². The molecule has 1 unspecified atom stereocenters. The Morgan fingerprint density at radius 3 is 2.08 bits per heavy atom. The summed E-state index contributed by atoms with van der Waals surface area (Å²) in [5.41, 5.74) is -0.401. The Balaban J connectivity index is 0.674. The molecule has 2 atom stereocenters. The van der Waals surface area contributed by atoms with Gasteiger partial charge in [-0.1, -0.05) is 49.6 Å². The molecule has 4 saturated heterocycles. The molecule has 0 spiro atoms. The lowest BCUT2D eigenvalue weighted by molar-refractivity contribution is -0.137. The molecule has 1 aromatic heterocycles. The number of ether oxygens (including phenoxy) is 1. The molecule has 18 nitrogen and oxygen atoms in total. The molecule has 10 rings (SSSR count). The van der Waals surface area contributed by atoms with Crippen molar-refractivity contribution >= 4 is 46.4 Å². The van der Waals surface area contributed by atoms with Crippen LogP contribution in [0, 0.1) is 29.3 Å². The summed E-state index contributed by atoms with van der Waals surface area (Å²) in [4.78, 5) is 108. The number of amides is 6. The Bertz CT molecular complexity index is 3100. The number of rotatable bonds is 15. The van der Waals surface area contributed by atoms with Crippen LogP contribution in [0.5, 0.6) is 0 Å². The number of benzene rings is 3. The number of likely N-dealkylation sites (tertiary alicyclic amines) is 2. The van der Waals surface area contributed by atoms with E-state index in [0.717, 1.165) is 70.6 Å². The minimum atomic E-state index is -1.03. The third-order valence-electron chi connectivity index (χ3n) is 17.8. The summed E-state index contributed by atoms with van der Waals surface area (Å²) in [7, 11) is 0. The van der Waals surface area contributed by atoms with Crippen molar-refractivity contribution in [3.63, 3.8) is 0 Å². The number of hydrogen-bond acceptors (Lipinski definition) is 11. The zero-order chi connectivity index (χ0) is 58.5. The van der Waals surface area contributed by atoms with Crippen molar-refractivity contribution in [3.05, 3.63) is 110 Å². The first kappa shape index (κ1) is 59.3. The molecule has 5 heterocycles. The molecule has 0 radical (unpaired) electrons. The number of piperidine rings is 2. The molecule has 446 valence electrons. The highest BCUT2D eigenvalue weighted by Crippen LogP contribution is 2.34. The van der Waals surface area contributed by atoms with E-state index in [1.54, 1.807) is 58.6 Å². The second-order valence-corrected chi connectivity index (χ2v) is 24.7. The van der Waals surface area contributed by atoms with Crippen molar-refractivity contribution in [1.29, 1.82) is 0 Å². The fraction of sp³-hybridized carbons (Fsp3) is 0.581. The van der Waals surface area contributed by atoms with Crippen molar-refractivity contribution in [3.8, 4) is 0 Å². The monoisotopic (exact) mass is 1150 g/mol. The summed E-state index contributed by atoms with van der Waals surface area (Å²) >= 11 is 0. The van der Waals surface area contributed by atoms with Crippen LogP contribution < -0.4 is 10.9 Å². The molecule has 21 heteroatoms. The summed E-state index contributed by atoms with van der Waals surface area (Å²) in [5, 5.41) is 10.8. The Morgan fingerprint density at radius 2 is 1.39 bits per heavy atom. The Morgan fingerprint density at radius 1 is 0.711 bits per heavy atom. The number of H-pyrrole nitrogens is 1. The number of nitrogens with one attached hydrogen (secondary N) is 2. The van der Waals surface area contributed by atoms with Crippen LogP contribution in [0.25, 0.3) is 10.8 Å². The van der Waals surface area contributed by atoms with Crippen LogP contribution in [-0.4, -0.2) is 196 Å². The number of piperazine rings is 2. The van der Waals surface area contributed by atoms with Gasteiger partial charge in [0.25, 0.3) is 17.4 Å². The molecule has 4 aromatic rings. The van der Waals surface area contributed by atoms with E-state index in [1.807, 2.05) is 12.1 Å². The van der Waals surface area contributed by atoms with E-state index in [4.69, 9.17) is 4.74 Å². The number of carbonyl (C=O) groups excluding carboxylic acids is 6. The number of fused-ring (bicyclic) bond motifs is 1. The smallest absolute Gasteiger partial charge is 0.411 e. The average molecular weight is 1150 g/mol. The van der Waals surface area contributed by atoms with Crippen molar-refractivity contribution in [2.75, 3.05) is 98.2 Å². The summed E-state index contributed by atoms with van der Waals surface area (Å²) in [6.45, 7) is 11.8. The average Bonchev–Trinajstić information content (AvgIpc) is 4.43.